The van der Waals surface area contributed by atoms with Crippen LogP contribution in [0.4, 0.5) is 8.78 Å². The van der Waals surface area contributed by atoms with Crippen molar-refractivity contribution in [2.24, 2.45) is 0 Å². The summed E-state index contributed by atoms with van der Waals surface area (Å²) in [6.07, 6.45) is 0. The summed E-state index contributed by atoms with van der Waals surface area (Å²) in [6, 6.07) is 3.10. The molecule has 0 amide bonds. The molecule has 6 heteroatoms. The molecule has 0 bridgehead atoms. The lowest BCUT2D eigenvalue weighted by Crippen LogP contribution is -2.16. The van der Waals surface area contributed by atoms with Crippen LogP contribution in [0.2, 0.25) is 0 Å². The molecule has 0 aliphatic heterocycles. The molecule has 1 heterocycles. The molecule has 0 saturated carbocycles. The lowest BCUT2D eigenvalue weighted by molar-refractivity contribution is 0.440. The monoisotopic (exact) mass is 266 g/mol. The van der Waals surface area contributed by atoms with Gasteiger partial charge in [0.25, 0.3) is 5.56 Å². The Hall–Kier alpha value is -2.24. The van der Waals surface area contributed by atoms with Gasteiger partial charge in [-0.1, -0.05) is 13.8 Å². The Morgan fingerprint density at radius 1 is 1.26 bits per heavy atom. The quantitative estimate of drug-likeness (QED) is 0.877. The largest absolute Gasteiger partial charge is 0.493 e. The maximum atomic E-state index is 13.1. The van der Waals surface area contributed by atoms with Crippen molar-refractivity contribution < 1.29 is 13.9 Å². The van der Waals surface area contributed by atoms with Crippen molar-refractivity contribution in [3.05, 3.63) is 45.8 Å². The minimum absolute atomic E-state index is 0.00852. The Kier molecular flexibility index (Phi) is 3.33. The van der Waals surface area contributed by atoms with Gasteiger partial charge in [0.2, 0.25) is 5.88 Å². The highest BCUT2D eigenvalue weighted by molar-refractivity contribution is 5.55. The molecule has 0 fully saturated rings. The summed E-state index contributed by atoms with van der Waals surface area (Å²) in [4.78, 5) is 18.1. The summed E-state index contributed by atoms with van der Waals surface area (Å²) in [5, 5.41) is 9.73. The fraction of sp³-hybridized carbons (Fsp3) is 0.231. The van der Waals surface area contributed by atoms with Crippen LogP contribution in [0.15, 0.2) is 23.0 Å². The predicted octanol–water partition coefficient (Wildman–Crippen LogP) is 2.54. The van der Waals surface area contributed by atoms with Crippen LogP contribution in [-0.4, -0.2) is 15.1 Å². The molecule has 0 aliphatic rings. The van der Waals surface area contributed by atoms with E-state index in [1.807, 2.05) is 0 Å². The molecule has 0 saturated heterocycles. The molecule has 1 aromatic heterocycles. The van der Waals surface area contributed by atoms with Crippen LogP contribution in [0.5, 0.6) is 5.88 Å². The van der Waals surface area contributed by atoms with Gasteiger partial charge in [-0.2, -0.15) is 4.98 Å². The second kappa shape index (κ2) is 4.79. The Balaban J connectivity index is 2.58. The Morgan fingerprint density at radius 3 is 2.47 bits per heavy atom. The third-order valence-electron chi connectivity index (χ3n) is 2.71. The van der Waals surface area contributed by atoms with Crippen molar-refractivity contribution in [3.63, 3.8) is 0 Å². The first-order valence-electron chi connectivity index (χ1n) is 5.68. The number of benzene rings is 1. The third kappa shape index (κ3) is 2.47. The van der Waals surface area contributed by atoms with Crippen LogP contribution >= 0.6 is 0 Å². The normalized spacial score (nSPS) is 11.0. The van der Waals surface area contributed by atoms with Crippen molar-refractivity contribution in [2.75, 3.05) is 0 Å². The first kappa shape index (κ1) is 13.2. The van der Waals surface area contributed by atoms with Gasteiger partial charge in [0.15, 0.2) is 11.6 Å². The van der Waals surface area contributed by atoms with Crippen LogP contribution < -0.4 is 5.56 Å². The first-order valence-corrected chi connectivity index (χ1v) is 5.68. The van der Waals surface area contributed by atoms with E-state index in [2.05, 4.69) is 9.97 Å². The van der Waals surface area contributed by atoms with Gasteiger partial charge >= 0.3 is 0 Å². The molecule has 2 N–H and O–H groups in total. The molecule has 0 radical (unpaired) electrons. The Morgan fingerprint density at radius 2 is 1.95 bits per heavy atom. The molecular weight excluding hydrogens is 254 g/mol. The molecular formula is C13H12F2N2O2. The molecule has 1 aromatic carbocycles. The van der Waals surface area contributed by atoms with E-state index in [9.17, 15) is 18.7 Å². The zero-order valence-corrected chi connectivity index (χ0v) is 10.4. The van der Waals surface area contributed by atoms with Gasteiger partial charge < -0.3 is 10.1 Å². The van der Waals surface area contributed by atoms with E-state index < -0.39 is 23.1 Å². The number of nitrogens with zero attached hydrogens (tertiary/aromatic N) is 1. The lowest BCUT2D eigenvalue weighted by atomic mass is 10.1. The van der Waals surface area contributed by atoms with Crippen LogP contribution in [0.1, 0.15) is 25.3 Å². The average Bonchev–Trinajstić information content (AvgIpc) is 2.31. The van der Waals surface area contributed by atoms with Gasteiger partial charge in [-0.05, 0) is 24.1 Å². The number of aromatic nitrogens is 2. The Bertz CT molecular complexity index is 681. The number of halogens is 2. The summed E-state index contributed by atoms with van der Waals surface area (Å²) in [6.45, 7) is 3.48. The number of aromatic hydroxyl groups is 1. The zero-order valence-electron chi connectivity index (χ0n) is 10.4. The van der Waals surface area contributed by atoms with Crippen LogP contribution in [-0.2, 0) is 0 Å². The Labute approximate surface area is 107 Å². The summed E-state index contributed by atoms with van der Waals surface area (Å²) in [5.74, 6) is -2.65. The molecule has 0 atom stereocenters. The summed E-state index contributed by atoms with van der Waals surface area (Å²) in [7, 11) is 0. The van der Waals surface area contributed by atoms with Gasteiger partial charge in [0.1, 0.15) is 5.82 Å². The van der Waals surface area contributed by atoms with E-state index in [1.165, 1.54) is 6.07 Å². The molecule has 2 aromatic rings. The second-order valence-electron chi connectivity index (χ2n) is 4.44. The molecule has 0 aliphatic carbocycles. The SMILES string of the molecule is CC(C)c1c(O)nc(-c2ccc(F)c(F)c2)[nH]c1=O. The average molecular weight is 266 g/mol. The van der Waals surface area contributed by atoms with Gasteiger partial charge in [0, 0.05) is 5.56 Å². The topological polar surface area (TPSA) is 66.0 Å². The number of rotatable bonds is 2. The summed E-state index contributed by atoms with van der Waals surface area (Å²) < 4.78 is 25.9. The number of hydrogen-bond acceptors (Lipinski definition) is 3. The van der Waals surface area contributed by atoms with E-state index in [0.29, 0.717) is 0 Å². The third-order valence-corrected chi connectivity index (χ3v) is 2.71. The predicted molar refractivity (Wildman–Crippen MR) is 66.0 cm³/mol. The lowest BCUT2D eigenvalue weighted by Gasteiger charge is -2.08. The standard InChI is InChI=1S/C13H12F2N2O2/c1-6(2)10-12(18)16-11(17-13(10)19)7-3-4-8(14)9(15)5-7/h3-6H,1-2H3,(H2,16,17,18,19). The van der Waals surface area contributed by atoms with Crippen molar-refractivity contribution in [2.45, 2.75) is 19.8 Å². The fourth-order valence-corrected chi connectivity index (χ4v) is 1.77. The van der Waals surface area contributed by atoms with Gasteiger partial charge in [0.05, 0.1) is 5.56 Å². The molecule has 19 heavy (non-hydrogen) atoms. The van der Waals surface area contributed by atoms with E-state index in [1.54, 1.807) is 13.8 Å². The number of aromatic amines is 1. The van der Waals surface area contributed by atoms with E-state index in [4.69, 9.17) is 0 Å². The van der Waals surface area contributed by atoms with E-state index in [-0.39, 0.29) is 22.9 Å². The summed E-state index contributed by atoms with van der Waals surface area (Å²) >= 11 is 0. The smallest absolute Gasteiger partial charge is 0.258 e. The minimum Gasteiger partial charge on any atom is -0.493 e. The number of hydrogen-bond donors (Lipinski definition) is 2. The van der Waals surface area contributed by atoms with Gasteiger partial charge in [-0.15, -0.1) is 0 Å². The minimum atomic E-state index is -1.05. The van der Waals surface area contributed by atoms with Gasteiger partial charge in [-0.25, -0.2) is 8.78 Å². The maximum Gasteiger partial charge on any atom is 0.258 e. The highest BCUT2D eigenvalue weighted by atomic mass is 19.2. The zero-order chi connectivity index (χ0) is 14.2. The van der Waals surface area contributed by atoms with Crippen LogP contribution in [0, 0.1) is 11.6 Å². The van der Waals surface area contributed by atoms with Crippen molar-refractivity contribution in [1.82, 2.24) is 9.97 Å². The molecule has 4 nitrogen and oxygen atoms in total. The van der Waals surface area contributed by atoms with Crippen molar-refractivity contribution in [1.29, 1.82) is 0 Å². The number of H-pyrrole nitrogens is 1. The van der Waals surface area contributed by atoms with E-state index in [0.717, 1.165) is 12.1 Å². The highest BCUT2D eigenvalue weighted by Crippen LogP contribution is 2.23. The van der Waals surface area contributed by atoms with Crippen molar-refractivity contribution >= 4 is 0 Å². The number of nitrogens with one attached hydrogen (secondary N) is 1. The fourth-order valence-electron chi connectivity index (χ4n) is 1.77. The molecule has 100 valence electrons. The highest BCUT2D eigenvalue weighted by Gasteiger charge is 2.15. The second-order valence-corrected chi connectivity index (χ2v) is 4.44. The van der Waals surface area contributed by atoms with Crippen molar-refractivity contribution in [3.8, 4) is 17.3 Å². The molecule has 0 spiro atoms. The van der Waals surface area contributed by atoms with Crippen LogP contribution in [0.25, 0.3) is 11.4 Å². The molecule has 2 rings (SSSR count). The first-order chi connectivity index (χ1) is 8.90. The molecule has 0 unspecified atom stereocenters. The van der Waals surface area contributed by atoms with E-state index >= 15 is 0 Å². The maximum absolute atomic E-state index is 13.1. The van der Waals surface area contributed by atoms with Gasteiger partial charge in [-0.3, -0.25) is 4.79 Å². The van der Waals surface area contributed by atoms with Crippen LogP contribution in [0.3, 0.4) is 0 Å². The summed E-state index contributed by atoms with van der Waals surface area (Å²) in [5.41, 5.74) is -0.157.